The van der Waals surface area contributed by atoms with Gasteiger partial charge in [0.2, 0.25) is 0 Å². The molecule has 30 heavy (non-hydrogen) atoms. The van der Waals surface area contributed by atoms with Crippen molar-refractivity contribution in [3.8, 4) is 0 Å². The number of nitrogens with zero attached hydrogens (tertiary/aromatic N) is 2. The van der Waals surface area contributed by atoms with Crippen molar-refractivity contribution >= 4 is 23.0 Å². The van der Waals surface area contributed by atoms with Gasteiger partial charge in [0.1, 0.15) is 5.82 Å². The summed E-state index contributed by atoms with van der Waals surface area (Å²) in [4.78, 5) is 29.8. The number of benzene rings is 1. The van der Waals surface area contributed by atoms with E-state index >= 15 is 0 Å². The fourth-order valence-electron chi connectivity index (χ4n) is 3.31. The quantitative estimate of drug-likeness (QED) is 0.617. The van der Waals surface area contributed by atoms with Crippen LogP contribution in [0.25, 0.3) is 11.1 Å². The van der Waals surface area contributed by atoms with Crippen LogP contribution in [0.1, 0.15) is 66.0 Å². The summed E-state index contributed by atoms with van der Waals surface area (Å²) < 4.78 is 23.8. The van der Waals surface area contributed by atoms with Gasteiger partial charge in [0.25, 0.3) is 11.6 Å². The summed E-state index contributed by atoms with van der Waals surface area (Å²) in [5.74, 6) is -1.12. The van der Waals surface area contributed by atoms with Crippen LogP contribution in [-0.2, 0) is 9.53 Å². The number of nitrogens with one attached hydrogen (secondary N) is 1. The number of ether oxygens (including phenoxy) is 1. The Balaban J connectivity index is 1.48. The molecule has 0 saturated heterocycles. The second-order valence-corrected chi connectivity index (χ2v) is 7.65. The van der Waals surface area contributed by atoms with Crippen molar-refractivity contribution in [1.82, 2.24) is 15.5 Å². The Morgan fingerprint density at radius 3 is 2.60 bits per heavy atom. The van der Waals surface area contributed by atoms with Gasteiger partial charge in [-0.2, -0.15) is 0 Å². The molecule has 1 saturated carbocycles. The van der Waals surface area contributed by atoms with Crippen molar-refractivity contribution in [3.05, 3.63) is 58.7 Å². The van der Waals surface area contributed by atoms with Gasteiger partial charge in [0.05, 0.1) is 22.7 Å². The van der Waals surface area contributed by atoms with E-state index in [9.17, 15) is 14.0 Å². The molecule has 1 fully saturated rings. The van der Waals surface area contributed by atoms with Crippen LogP contribution in [0.4, 0.5) is 4.39 Å². The molecule has 0 aliphatic heterocycles. The second-order valence-electron chi connectivity index (χ2n) is 7.65. The van der Waals surface area contributed by atoms with Crippen molar-refractivity contribution in [2.75, 3.05) is 0 Å². The van der Waals surface area contributed by atoms with Gasteiger partial charge < -0.3 is 14.6 Å². The lowest BCUT2D eigenvalue weighted by Gasteiger charge is -2.18. The molecule has 3 aromatic rings. The van der Waals surface area contributed by atoms with Crippen LogP contribution < -0.4 is 5.32 Å². The number of hydrogen-bond donors (Lipinski definition) is 1. The first-order valence-corrected chi connectivity index (χ1v) is 9.87. The smallest absolute Gasteiger partial charge is 0.339 e. The fraction of sp³-hybridized carbons (Fsp3) is 0.364. The molecule has 1 aliphatic carbocycles. The van der Waals surface area contributed by atoms with E-state index in [1.165, 1.54) is 19.1 Å². The molecule has 0 bridgehead atoms. The minimum Gasteiger partial charge on any atom is -0.449 e. The number of aromatic nitrogens is 2. The molecular formula is C22H22FN3O4. The average molecular weight is 411 g/mol. The van der Waals surface area contributed by atoms with Crippen molar-refractivity contribution < 1.29 is 23.2 Å². The van der Waals surface area contributed by atoms with Crippen molar-refractivity contribution in [1.29, 1.82) is 0 Å². The van der Waals surface area contributed by atoms with Crippen LogP contribution in [0.15, 0.2) is 34.9 Å². The first-order valence-electron chi connectivity index (χ1n) is 9.87. The number of carbonyl (C=O) groups excluding carboxylic acids is 2. The van der Waals surface area contributed by atoms with Crippen LogP contribution in [-0.4, -0.2) is 28.1 Å². The lowest BCUT2D eigenvalue weighted by Crippen LogP contribution is -2.37. The molecule has 4 rings (SSSR count). The number of aryl methyl sites for hydroxylation is 1. The van der Waals surface area contributed by atoms with E-state index in [1.807, 2.05) is 0 Å². The summed E-state index contributed by atoms with van der Waals surface area (Å²) in [7, 11) is 0. The minimum absolute atomic E-state index is 0.297. The highest BCUT2D eigenvalue weighted by Gasteiger charge is 2.30. The third-order valence-corrected chi connectivity index (χ3v) is 5.23. The molecule has 156 valence electrons. The topological polar surface area (TPSA) is 94.3 Å². The summed E-state index contributed by atoms with van der Waals surface area (Å²) in [5, 5.41) is 7.17. The number of halogens is 1. The van der Waals surface area contributed by atoms with Crippen LogP contribution in [0, 0.1) is 12.7 Å². The van der Waals surface area contributed by atoms with Gasteiger partial charge in [-0.25, -0.2) is 14.2 Å². The second kappa shape index (κ2) is 7.85. The number of carbonyl (C=O) groups is 2. The molecular weight excluding hydrogens is 389 g/mol. The zero-order valence-corrected chi connectivity index (χ0v) is 16.9. The molecule has 0 spiro atoms. The van der Waals surface area contributed by atoms with E-state index in [4.69, 9.17) is 9.26 Å². The first kappa shape index (κ1) is 20.0. The van der Waals surface area contributed by atoms with Gasteiger partial charge >= 0.3 is 5.97 Å². The molecule has 2 aromatic heterocycles. The maximum absolute atomic E-state index is 13.1. The number of hydrogen-bond acceptors (Lipinski definition) is 6. The van der Waals surface area contributed by atoms with Crippen molar-refractivity contribution in [2.24, 2.45) is 0 Å². The third kappa shape index (κ3) is 4.03. The molecule has 0 unspecified atom stereocenters. The normalized spacial score (nSPS) is 15.6. The maximum Gasteiger partial charge on any atom is 0.339 e. The Morgan fingerprint density at radius 2 is 1.93 bits per heavy atom. The van der Waals surface area contributed by atoms with E-state index in [2.05, 4.69) is 15.5 Å². The van der Waals surface area contributed by atoms with E-state index in [1.54, 1.807) is 32.0 Å². The van der Waals surface area contributed by atoms with E-state index in [-0.39, 0.29) is 11.9 Å². The van der Waals surface area contributed by atoms with Gasteiger partial charge in [0.15, 0.2) is 6.10 Å². The molecule has 1 aromatic carbocycles. The van der Waals surface area contributed by atoms with E-state index in [0.29, 0.717) is 28.3 Å². The zero-order chi connectivity index (χ0) is 21.4. The molecule has 1 N–H and O–H groups in total. The maximum atomic E-state index is 13.1. The number of fused-ring (bicyclic) bond motifs is 1. The van der Waals surface area contributed by atoms with Gasteiger partial charge in [-0.05, 0) is 57.4 Å². The summed E-state index contributed by atoms with van der Waals surface area (Å²) in [6, 6.07) is 7.19. The Morgan fingerprint density at radius 1 is 1.23 bits per heavy atom. The van der Waals surface area contributed by atoms with Crippen LogP contribution in [0.5, 0.6) is 0 Å². The minimum atomic E-state index is -1.02. The standard InChI is InChI=1S/C22H22FN3O4/c1-11(14-6-8-16(23)9-7-14)24-20(27)13(3)29-22(28)17-10-18(15-4-5-15)25-21-19(17)12(2)26-30-21/h6-11,13,15H,4-5H2,1-3H3,(H,24,27)/t11-,13+/m1/s1. The van der Waals surface area contributed by atoms with Crippen LogP contribution in [0.3, 0.4) is 0 Å². The molecule has 7 nitrogen and oxygen atoms in total. The average Bonchev–Trinajstić information content (AvgIpc) is 3.51. The van der Waals surface area contributed by atoms with Crippen molar-refractivity contribution in [3.63, 3.8) is 0 Å². The Hall–Kier alpha value is -3.29. The first-order chi connectivity index (χ1) is 14.3. The monoisotopic (exact) mass is 411 g/mol. The highest BCUT2D eigenvalue weighted by molar-refractivity contribution is 6.04. The highest BCUT2D eigenvalue weighted by atomic mass is 19.1. The summed E-state index contributed by atoms with van der Waals surface area (Å²) in [6.45, 7) is 5.00. The van der Waals surface area contributed by atoms with Gasteiger partial charge in [-0.1, -0.05) is 17.3 Å². The summed E-state index contributed by atoms with van der Waals surface area (Å²) >= 11 is 0. The predicted molar refractivity (Wildman–Crippen MR) is 106 cm³/mol. The Kier molecular flexibility index (Phi) is 5.24. The fourth-order valence-corrected chi connectivity index (χ4v) is 3.31. The number of amides is 1. The number of rotatable bonds is 6. The molecule has 1 aliphatic rings. The summed E-state index contributed by atoms with van der Waals surface area (Å²) in [5.41, 5.74) is 2.65. The van der Waals surface area contributed by atoms with E-state index in [0.717, 1.165) is 24.1 Å². The van der Waals surface area contributed by atoms with Crippen LogP contribution in [0.2, 0.25) is 0 Å². The zero-order valence-electron chi connectivity index (χ0n) is 16.9. The molecule has 0 radical (unpaired) electrons. The van der Waals surface area contributed by atoms with Crippen LogP contribution >= 0.6 is 0 Å². The van der Waals surface area contributed by atoms with Gasteiger partial charge in [-0.15, -0.1) is 0 Å². The lowest BCUT2D eigenvalue weighted by molar-refractivity contribution is -0.129. The summed E-state index contributed by atoms with van der Waals surface area (Å²) in [6.07, 6.45) is 1.01. The molecule has 2 heterocycles. The Bertz CT molecular complexity index is 1110. The number of pyridine rings is 1. The number of esters is 1. The lowest BCUT2D eigenvalue weighted by atomic mass is 10.1. The van der Waals surface area contributed by atoms with Crippen molar-refractivity contribution in [2.45, 2.75) is 51.7 Å². The third-order valence-electron chi connectivity index (χ3n) is 5.23. The molecule has 1 amide bonds. The Labute approximate surface area is 172 Å². The SMILES string of the molecule is Cc1noc2nc(C3CC3)cc(C(=O)O[C@@H](C)C(=O)N[C@H](C)c3ccc(F)cc3)c12. The van der Waals surface area contributed by atoms with Gasteiger partial charge in [0, 0.05) is 11.6 Å². The molecule has 8 heteroatoms. The van der Waals surface area contributed by atoms with E-state index < -0.39 is 18.0 Å². The largest absolute Gasteiger partial charge is 0.449 e. The highest BCUT2D eigenvalue weighted by Crippen LogP contribution is 2.40. The van der Waals surface area contributed by atoms with Gasteiger partial charge in [-0.3, -0.25) is 4.79 Å². The predicted octanol–water partition coefficient (Wildman–Crippen LogP) is 3.97. The molecule has 2 atom stereocenters.